The number of methoxy groups -OCH3 is 1. The molecule has 1 aliphatic rings. The molecule has 0 fully saturated rings. The molecule has 2 heterocycles. The van der Waals surface area contributed by atoms with Gasteiger partial charge in [-0.25, -0.2) is 9.50 Å². The minimum absolute atomic E-state index is 0.0325. The van der Waals surface area contributed by atoms with Crippen molar-refractivity contribution in [2.24, 2.45) is 0 Å². The molecule has 1 amide bonds. The highest BCUT2D eigenvalue weighted by atomic mass is 16.5. The van der Waals surface area contributed by atoms with E-state index < -0.39 is 0 Å². The number of hydrogen-bond donors (Lipinski definition) is 2. The van der Waals surface area contributed by atoms with Crippen molar-refractivity contribution in [1.29, 1.82) is 0 Å². The van der Waals surface area contributed by atoms with Crippen molar-refractivity contribution in [1.82, 2.24) is 19.9 Å². The zero-order valence-electron chi connectivity index (χ0n) is 15.2. The Balaban J connectivity index is 1.55. The SMILES string of the molecule is COc1ccc2c(c1)CCC[C@@H]2NC(=O)c1cc2ncc(CCO)cn2n1. The van der Waals surface area contributed by atoms with E-state index in [1.54, 1.807) is 30.1 Å². The van der Waals surface area contributed by atoms with E-state index in [0.29, 0.717) is 17.8 Å². The maximum Gasteiger partial charge on any atom is 0.272 e. The van der Waals surface area contributed by atoms with Gasteiger partial charge < -0.3 is 15.2 Å². The molecule has 1 aromatic carbocycles. The molecule has 2 aromatic heterocycles. The van der Waals surface area contributed by atoms with Crippen LogP contribution in [0.25, 0.3) is 5.65 Å². The lowest BCUT2D eigenvalue weighted by atomic mass is 9.87. The molecule has 1 atom stereocenters. The average molecular weight is 366 g/mol. The van der Waals surface area contributed by atoms with Gasteiger partial charge in [0.15, 0.2) is 11.3 Å². The third-order valence-electron chi connectivity index (χ3n) is 4.97. The lowest BCUT2D eigenvalue weighted by molar-refractivity contribution is 0.0927. The largest absolute Gasteiger partial charge is 0.497 e. The van der Waals surface area contributed by atoms with E-state index in [1.165, 1.54) is 5.56 Å². The number of aliphatic hydroxyl groups is 1. The van der Waals surface area contributed by atoms with Crippen LogP contribution in [-0.4, -0.2) is 39.3 Å². The zero-order valence-corrected chi connectivity index (χ0v) is 15.2. The zero-order chi connectivity index (χ0) is 18.8. The summed E-state index contributed by atoms with van der Waals surface area (Å²) in [6.45, 7) is 0.0493. The highest BCUT2D eigenvalue weighted by Crippen LogP contribution is 2.32. The Morgan fingerprint density at radius 2 is 2.30 bits per heavy atom. The van der Waals surface area contributed by atoms with Gasteiger partial charge in [0.25, 0.3) is 5.91 Å². The number of benzene rings is 1. The lowest BCUT2D eigenvalue weighted by Crippen LogP contribution is -2.31. The van der Waals surface area contributed by atoms with E-state index in [0.717, 1.165) is 36.1 Å². The molecule has 2 N–H and O–H groups in total. The molecule has 0 unspecified atom stereocenters. The molecule has 7 heteroatoms. The van der Waals surface area contributed by atoms with E-state index in [2.05, 4.69) is 15.4 Å². The minimum Gasteiger partial charge on any atom is -0.497 e. The monoisotopic (exact) mass is 366 g/mol. The number of carbonyl (C=O) groups excluding carboxylic acids is 1. The normalized spacial score (nSPS) is 16.1. The first-order chi connectivity index (χ1) is 13.2. The van der Waals surface area contributed by atoms with Crippen molar-refractivity contribution >= 4 is 11.6 Å². The molecule has 3 aromatic rings. The van der Waals surface area contributed by atoms with Crippen molar-refractivity contribution < 1.29 is 14.6 Å². The van der Waals surface area contributed by atoms with Crippen molar-refractivity contribution in [3.05, 3.63) is 59.0 Å². The summed E-state index contributed by atoms with van der Waals surface area (Å²) in [5.41, 5.74) is 4.17. The van der Waals surface area contributed by atoms with Crippen molar-refractivity contribution in [3.63, 3.8) is 0 Å². The molecule has 0 bridgehead atoms. The van der Waals surface area contributed by atoms with Gasteiger partial charge in [-0.2, -0.15) is 5.10 Å². The van der Waals surface area contributed by atoms with E-state index in [4.69, 9.17) is 9.84 Å². The standard InChI is InChI=1S/C20H22N4O3/c1-27-15-5-6-16-14(9-15)3-2-4-17(16)22-20(26)18-10-19-21-11-13(7-8-25)12-24(19)23-18/h5-6,9-12,17,25H,2-4,7-8H2,1H3,(H,22,26)/t17-/m0/s1. The van der Waals surface area contributed by atoms with Crippen LogP contribution in [0.5, 0.6) is 5.75 Å². The summed E-state index contributed by atoms with van der Waals surface area (Å²) >= 11 is 0. The molecule has 7 nitrogen and oxygen atoms in total. The van der Waals surface area contributed by atoms with E-state index in [-0.39, 0.29) is 18.6 Å². The second kappa shape index (κ2) is 7.36. The number of carbonyl (C=O) groups is 1. The number of ether oxygens (including phenoxy) is 1. The maximum absolute atomic E-state index is 12.7. The van der Waals surface area contributed by atoms with Crippen LogP contribution in [-0.2, 0) is 12.8 Å². The first-order valence-electron chi connectivity index (χ1n) is 9.11. The summed E-state index contributed by atoms with van der Waals surface area (Å²) in [7, 11) is 1.66. The third kappa shape index (κ3) is 3.50. The van der Waals surface area contributed by atoms with Gasteiger partial charge in [-0.05, 0) is 54.5 Å². The number of aromatic nitrogens is 3. The smallest absolute Gasteiger partial charge is 0.272 e. The topological polar surface area (TPSA) is 88.8 Å². The van der Waals surface area contributed by atoms with E-state index in [9.17, 15) is 4.79 Å². The van der Waals surface area contributed by atoms with Gasteiger partial charge >= 0.3 is 0 Å². The molecule has 0 radical (unpaired) electrons. The summed E-state index contributed by atoms with van der Waals surface area (Å²) in [6.07, 6.45) is 6.90. The van der Waals surface area contributed by atoms with Crippen LogP contribution in [0.15, 0.2) is 36.7 Å². The Morgan fingerprint density at radius 3 is 3.11 bits per heavy atom. The fraction of sp³-hybridized carbons (Fsp3) is 0.350. The molecular formula is C20H22N4O3. The second-order valence-electron chi connectivity index (χ2n) is 6.75. The van der Waals surface area contributed by atoms with Crippen LogP contribution in [0.3, 0.4) is 0 Å². The molecule has 0 aliphatic heterocycles. The molecular weight excluding hydrogens is 344 g/mol. The number of fused-ring (bicyclic) bond motifs is 2. The first kappa shape index (κ1) is 17.5. The fourth-order valence-corrected chi connectivity index (χ4v) is 3.58. The van der Waals surface area contributed by atoms with Crippen LogP contribution in [0.2, 0.25) is 0 Å². The maximum atomic E-state index is 12.7. The number of aliphatic hydroxyl groups excluding tert-OH is 1. The Kier molecular flexibility index (Phi) is 4.77. The quantitative estimate of drug-likeness (QED) is 0.722. The predicted molar refractivity (Wildman–Crippen MR) is 99.9 cm³/mol. The average Bonchev–Trinajstić information content (AvgIpc) is 3.11. The fourth-order valence-electron chi connectivity index (χ4n) is 3.58. The van der Waals surface area contributed by atoms with Crippen molar-refractivity contribution in [2.45, 2.75) is 31.7 Å². The molecule has 140 valence electrons. The van der Waals surface area contributed by atoms with Gasteiger partial charge in [0, 0.05) is 25.1 Å². The Bertz CT molecular complexity index is 983. The van der Waals surface area contributed by atoms with Gasteiger partial charge in [-0.1, -0.05) is 6.07 Å². The highest BCUT2D eigenvalue weighted by molar-refractivity contribution is 5.93. The summed E-state index contributed by atoms with van der Waals surface area (Å²) in [5.74, 6) is 0.628. The number of nitrogens with one attached hydrogen (secondary N) is 1. The Labute approximate surface area is 157 Å². The molecule has 1 aliphatic carbocycles. The first-order valence-corrected chi connectivity index (χ1v) is 9.11. The van der Waals surface area contributed by atoms with Crippen LogP contribution < -0.4 is 10.1 Å². The van der Waals surface area contributed by atoms with Gasteiger partial charge in [0.2, 0.25) is 0 Å². The van der Waals surface area contributed by atoms with Crippen LogP contribution in [0.1, 0.15) is 46.1 Å². The molecule has 0 spiro atoms. The minimum atomic E-state index is -0.210. The van der Waals surface area contributed by atoms with Crippen molar-refractivity contribution in [3.8, 4) is 5.75 Å². The van der Waals surface area contributed by atoms with Gasteiger partial charge in [-0.15, -0.1) is 0 Å². The van der Waals surface area contributed by atoms with Crippen LogP contribution in [0, 0.1) is 0 Å². The number of amides is 1. The van der Waals surface area contributed by atoms with Crippen LogP contribution in [0.4, 0.5) is 0 Å². The van der Waals surface area contributed by atoms with Crippen LogP contribution >= 0.6 is 0 Å². The van der Waals surface area contributed by atoms with Gasteiger partial charge in [-0.3, -0.25) is 4.79 Å². The summed E-state index contributed by atoms with van der Waals surface area (Å²) in [6, 6.07) is 7.65. The molecule has 4 rings (SSSR count). The summed E-state index contributed by atoms with van der Waals surface area (Å²) in [5, 5.41) is 16.5. The number of hydrogen-bond acceptors (Lipinski definition) is 5. The van der Waals surface area contributed by atoms with E-state index in [1.807, 2.05) is 18.2 Å². The van der Waals surface area contributed by atoms with Crippen molar-refractivity contribution in [2.75, 3.05) is 13.7 Å². The molecule has 27 heavy (non-hydrogen) atoms. The number of rotatable bonds is 5. The lowest BCUT2D eigenvalue weighted by Gasteiger charge is -2.26. The third-order valence-corrected chi connectivity index (χ3v) is 4.97. The van der Waals surface area contributed by atoms with Gasteiger partial charge in [0.05, 0.1) is 13.2 Å². The summed E-state index contributed by atoms with van der Waals surface area (Å²) < 4.78 is 6.89. The Morgan fingerprint density at radius 1 is 1.41 bits per heavy atom. The summed E-state index contributed by atoms with van der Waals surface area (Å²) in [4.78, 5) is 17.0. The second-order valence-corrected chi connectivity index (χ2v) is 6.75. The van der Waals surface area contributed by atoms with Gasteiger partial charge in [0.1, 0.15) is 5.75 Å². The number of aryl methyl sites for hydroxylation is 1. The number of nitrogens with zero attached hydrogens (tertiary/aromatic N) is 3. The molecule has 0 saturated carbocycles. The Hall–Kier alpha value is -2.93. The molecule has 0 saturated heterocycles. The predicted octanol–water partition coefficient (Wildman–Crippen LogP) is 2.08. The van der Waals surface area contributed by atoms with E-state index >= 15 is 0 Å². The highest BCUT2D eigenvalue weighted by Gasteiger charge is 2.24.